The molecule has 158 valence electrons. The van der Waals surface area contributed by atoms with Crippen LogP contribution < -0.4 is 22.2 Å². The van der Waals surface area contributed by atoms with Gasteiger partial charge in [-0.3, -0.25) is 9.36 Å². The summed E-state index contributed by atoms with van der Waals surface area (Å²) < 4.78 is 39.2. The minimum absolute atomic E-state index is 0.0304. The lowest BCUT2D eigenvalue weighted by molar-refractivity contribution is -0.137. The van der Waals surface area contributed by atoms with Gasteiger partial charge >= 0.3 is 11.9 Å². The first-order valence-electron chi connectivity index (χ1n) is 9.45. The molecule has 1 saturated heterocycles. The minimum atomic E-state index is -4.35. The third-order valence-electron chi connectivity index (χ3n) is 5.11. The molecule has 1 aromatic heterocycles. The van der Waals surface area contributed by atoms with Crippen molar-refractivity contribution < 1.29 is 13.2 Å². The fourth-order valence-electron chi connectivity index (χ4n) is 3.51. The van der Waals surface area contributed by atoms with Crippen LogP contribution in [0.25, 0.3) is 10.9 Å². The van der Waals surface area contributed by atoms with Crippen LogP contribution in [0.5, 0.6) is 0 Å². The molecule has 1 unspecified atom stereocenters. The third-order valence-corrected chi connectivity index (χ3v) is 5.11. The number of hydrogen-bond acceptors (Lipinski definition) is 5. The van der Waals surface area contributed by atoms with Crippen molar-refractivity contribution in [1.29, 1.82) is 0 Å². The number of fused-ring (bicyclic) bond motifs is 1. The van der Waals surface area contributed by atoms with Gasteiger partial charge in [0.1, 0.15) is 0 Å². The number of benzene rings is 2. The summed E-state index contributed by atoms with van der Waals surface area (Å²) in [6, 6.07) is 11.9. The molecule has 2 aromatic carbocycles. The Morgan fingerprint density at radius 1 is 1.03 bits per heavy atom. The fraction of sp³-hybridized carbons (Fsp3) is 0.300. The first-order valence-corrected chi connectivity index (χ1v) is 9.45. The second-order valence-electron chi connectivity index (χ2n) is 7.25. The van der Waals surface area contributed by atoms with Gasteiger partial charge in [-0.1, -0.05) is 24.3 Å². The highest BCUT2D eigenvalue weighted by molar-refractivity contribution is 5.76. The molecule has 3 aromatic rings. The van der Waals surface area contributed by atoms with Gasteiger partial charge in [-0.15, -0.1) is 0 Å². The first kappa shape index (κ1) is 20.3. The summed E-state index contributed by atoms with van der Waals surface area (Å²) in [4.78, 5) is 27.5. The van der Waals surface area contributed by atoms with E-state index >= 15 is 0 Å². The minimum Gasteiger partial charge on any atom is -0.307 e. The second kappa shape index (κ2) is 8.05. The van der Waals surface area contributed by atoms with E-state index in [1.54, 1.807) is 24.3 Å². The number of aromatic nitrogens is 2. The Hall–Kier alpha value is -2.95. The summed E-state index contributed by atoms with van der Waals surface area (Å²) in [6.45, 7) is 1.23. The van der Waals surface area contributed by atoms with E-state index in [1.807, 2.05) is 5.01 Å². The van der Waals surface area contributed by atoms with Gasteiger partial charge in [0.05, 0.1) is 16.5 Å². The Bertz CT molecular complexity index is 1150. The molecule has 10 heteroatoms. The van der Waals surface area contributed by atoms with Crippen LogP contribution in [0.1, 0.15) is 17.5 Å². The van der Waals surface area contributed by atoms with Gasteiger partial charge in [-0.25, -0.2) is 15.2 Å². The molecule has 1 aliphatic heterocycles. The Labute approximate surface area is 169 Å². The molecule has 0 saturated carbocycles. The van der Waals surface area contributed by atoms with Gasteiger partial charge in [0, 0.05) is 25.7 Å². The molecular weight excluding hydrogens is 399 g/mol. The molecule has 1 aliphatic rings. The van der Waals surface area contributed by atoms with E-state index in [1.165, 1.54) is 16.7 Å². The van der Waals surface area contributed by atoms with Crippen molar-refractivity contribution in [2.45, 2.75) is 31.7 Å². The lowest BCUT2D eigenvalue weighted by Crippen LogP contribution is -2.38. The number of hydrazine groups is 2. The van der Waals surface area contributed by atoms with Gasteiger partial charge in [-0.2, -0.15) is 18.7 Å². The van der Waals surface area contributed by atoms with Crippen molar-refractivity contribution in [1.82, 2.24) is 25.5 Å². The van der Waals surface area contributed by atoms with Crippen molar-refractivity contribution in [2.24, 2.45) is 0 Å². The van der Waals surface area contributed by atoms with E-state index in [2.05, 4.69) is 15.9 Å². The smallest absolute Gasteiger partial charge is 0.307 e. The van der Waals surface area contributed by atoms with Crippen molar-refractivity contribution in [3.63, 3.8) is 0 Å². The standard InChI is InChI=1S/C20H20F3N5O2/c21-20(22,23)14-7-5-13(6-8-14)11-27-12-15(25-26-27)9-10-28-18(29)16-3-1-2-4-17(16)24-19(28)30/h1-8,15,25-26H,9-12H2,(H,24,30). The number of nitrogens with one attached hydrogen (secondary N) is 3. The van der Waals surface area contributed by atoms with Crippen molar-refractivity contribution >= 4 is 10.9 Å². The number of alkyl halides is 3. The van der Waals surface area contributed by atoms with Crippen LogP contribution in [0.3, 0.4) is 0 Å². The predicted octanol–water partition coefficient (Wildman–Crippen LogP) is 1.99. The molecular formula is C20H20F3N5O2. The Morgan fingerprint density at radius 2 is 1.77 bits per heavy atom. The molecule has 1 atom stereocenters. The summed E-state index contributed by atoms with van der Waals surface area (Å²) in [5, 5.41) is 2.29. The maximum atomic E-state index is 12.7. The zero-order chi connectivity index (χ0) is 21.3. The first-order chi connectivity index (χ1) is 14.3. The molecule has 2 heterocycles. The SMILES string of the molecule is O=c1[nH]c2ccccc2c(=O)n1CCC1CN(Cc2ccc(C(F)(F)F)cc2)NN1. The van der Waals surface area contributed by atoms with Gasteiger partial charge < -0.3 is 4.98 Å². The van der Waals surface area contributed by atoms with Gasteiger partial charge in [0.15, 0.2) is 0 Å². The molecule has 0 bridgehead atoms. The molecule has 0 spiro atoms. The molecule has 1 fully saturated rings. The normalized spacial score (nSPS) is 17.6. The highest BCUT2D eigenvalue weighted by atomic mass is 19.4. The van der Waals surface area contributed by atoms with Crippen molar-refractivity contribution in [3.05, 3.63) is 80.5 Å². The highest BCUT2D eigenvalue weighted by Gasteiger charge is 2.30. The number of halogens is 3. The molecule has 0 radical (unpaired) electrons. The summed E-state index contributed by atoms with van der Waals surface area (Å²) >= 11 is 0. The van der Waals surface area contributed by atoms with Crippen LogP contribution in [0.15, 0.2) is 58.1 Å². The largest absolute Gasteiger partial charge is 0.416 e. The number of rotatable bonds is 5. The van der Waals surface area contributed by atoms with E-state index in [4.69, 9.17) is 0 Å². The quantitative estimate of drug-likeness (QED) is 0.589. The maximum absolute atomic E-state index is 12.7. The lowest BCUT2D eigenvalue weighted by atomic mass is 10.1. The van der Waals surface area contributed by atoms with Crippen LogP contribution in [-0.2, 0) is 19.3 Å². The van der Waals surface area contributed by atoms with Crippen molar-refractivity contribution in [2.75, 3.05) is 6.54 Å². The van der Waals surface area contributed by atoms with Crippen LogP contribution in [0.2, 0.25) is 0 Å². The molecule has 30 heavy (non-hydrogen) atoms. The number of para-hydroxylation sites is 1. The zero-order valence-corrected chi connectivity index (χ0v) is 15.9. The summed E-state index contributed by atoms with van der Waals surface area (Å²) in [6.07, 6.45) is -3.83. The average molecular weight is 419 g/mol. The highest BCUT2D eigenvalue weighted by Crippen LogP contribution is 2.29. The summed E-state index contributed by atoms with van der Waals surface area (Å²) in [5.74, 6) is 0. The Kier molecular flexibility index (Phi) is 5.46. The van der Waals surface area contributed by atoms with Gasteiger partial charge in [0.2, 0.25) is 0 Å². The number of nitrogens with zero attached hydrogens (tertiary/aromatic N) is 2. The topological polar surface area (TPSA) is 82.2 Å². The summed E-state index contributed by atoms with van der Waals surface area (Å²) in [5.41, 5.74) is 5.84. The van der Waals surface area contributed by atoms with Crippen LogP contribution >= 0.6 is 0 Å². The number of H-pyrrole nitrogens is 1. The lowest BCUT2D eigenvalue weighted by Gasteiger charge is -2.15. The maximum Gasteiger partial charge on any atom is 0.416 e. The van der Waals surface area contributed by atoms with E-state index in [-0.39, 0.29) is 18.1 Å². The van der Waals surface area contributed by atoms with Crippen molar-refractivity contribution in [3.8, 4) is 0 Å². The zero-order valence-electron chi connectivity index (χ0n) is 15.9. The number of hydrogen-bond donors (Lipinski definition) is 3. The van der Waals surface area contributed by atoms with Gasteiger partial charge in [0.25, 0.3) is 5.56 Å². The second-order valence-corrected chi connectivity index (χ2v) is 7.25. The van der Waals surface area contributed by atoms with E-state index in [0.29, 0.717) is 30.4 Å². The Balaban J connectivity index is 1.36. The van der Waals surface area contributed by atoms with Crippen LogP contribution in [0, 0.1) is 0 Å². The molecule has 4 rings (SSSR count). The van der Waals surface area contributed by atoms with Crippen LogP contribution in [-0.4, -0.2) is 27.1 Å². The fourth-order valence-corrected chi connectivity index (χ4v) is 3.51. The molecule has 3 N–H and O–H groups in total. The Morgan fingerprint density at radius 3 is 2.50 bits per heavy atom. The van der Waals surface area contributed by atoms with E-state index < -0.39 is 17.4 Å². The molecule has 0 amide bonds. The predicted molar refractivity (Wildman–Crippen MR) is 105 cm³/mol. The van der Waals surface area contributed by atoms with Crippen LogP contribution in [0.4, 0.5) is 13.2 Å². The average Bonchev–Trinajstić information content (AvgIpc) is 3.15. The number of aromatic amines is 1. The summed E-state index contributed by atoms with van der Waals surface area (Å²) in [7, 11) is 0. The molecule has 7 nitrogen and oxygen atoms in total. The van der Waals surface area contributed by atoms with E-state index in [9.17, 15) is 22.8 Å². The third kappa shape index (κ3) is 4.30. The monoisotopic (exact) mass is 419 g/mol. The molecule has 0 aliphatic carbocycles. The van der Waals surface area contributed by atoms with E-state index in [0.717, 1.165) is 17.7 Å². The van der Waals surface area contributed by atoms with Gasteiger partial charge in [-0.05, 0) is 36.2 Å².